The van der Waals surface area contributed by atoms with E-state index in [4.69, 9.17) is 11.5 Å². The normalized spacial score (nSPS) is 15.5. The highest BCUT2D eigenvalue weighted by molar-refractivity contribution is 5.82. The third-order valence-corrected chi connectivity index (χ3v) is 6.04. The fraction of sp³-hybridized carbons (Fsp3) is 0.308. The predicted octanol–water partition coefficient (Wildman–Crippen LogP) is 2.59. The molecule has 1 aromatic heterocycles. The van der Waals surface area contributed by atoms with Crippen molar-refractivity contribution in [3.63, 3.8) is 0 Å². The first-order valence-corrected chi connectivity index (χ1v) is 11.2. The summed E-state index contributed by atoms with van der Waals surface area (Å²) in [5.41, 5.74) is 16.3. The minimum atomic E-state index is -0.475. The molecule has 6 heteroatoms. The van der Waals surface area contributed by atoms with E-state index in [-0.39, 0.29) is 5.91 Å². The smallest absolute Gasteiger partial charge is 0.239 e. The van der Waals surface area contributed by atoms with Crippen LogP contribution in [0.15, 0.2) is 72.8 Å². The molecule has 32 heavy (non-hydrogen) atoms. The van der Waals surface area contributed by atoms with E-state index in [9.17, 15) is 4.79 Å². The van der Waals surface area contributed by atoms with Gasteiger partial charge in [-0.25, -0.2) is 4.98 Å². The summed E-state index contributed by atoms with van der Waals surface area (Å²) < 4.78 is 0. The molecule has 1 aliphatic heterocycles. The minimum Gasteiger partial charge on any atom is -0.384 e. The van der Waals surface area contributed by atoms with Crippen molar-refractivity contribution in [3.05, 3.63) is 83.9 Å². The second kappa shape index (κ2) is 10.4. The van der Waals surface area contributed by atoms with Crippen molar-refractivity contribution in [2.75, 3.05) is 38.5 Å². The van der Waals surface area contributed by atoms with Gasteiger partial charge in [0.25, 0.3) is 0 Å². The van der Waals surface area contributed by atoms with Crippen LogP contribution >= 0.6 is 0 Å². The van der Waals surface area contributed by atoms with Gasteiger partial charge in [-0.1, -0.05) is 60.7 Å². The Morgan fingerprint density at radius 2 is 1.59 bits per heavy atom. The summed E-state index contributed by atoms with van der Waals surface area (Å²) in [5, 5.41) is 0. The molecule has 1 saturated heterocycles. The molecule has 0 radical (unpaired) electrons. The fourth-order valence-electron chi connectivity index (χ4n) is 4.12. The van der Waals surface area contributed by atoms with Gasteiger partial charge >= 0.3 is 0 Å². The molecule has 1 aliphatic rings. The molecule has 1 atom stereocenters. The minimum absolute atomic E-state index is 0.0549. The number of pyridine rings is 1. The van der Waals surface area contributed by atoms with Crippen LogP contribution in [0.4, 0.5) is 5.82 Å². The number of nitrogens with two attached hydrogens (primary N) is 2. The van der Waals surface area contributed by atoms with Gasteiger partial charge in [-0.3, -0.25) is 9.69 Å². The molecule has 4 N–H and O–H groups in total. The Kier molecular flexibility index (Phi) is 7.14. The van der Waals surface area contributed by atoms with Crippen LogP contribution in [0.25, 0.3) is 11.3 Å². The van der Waals surface area contributed by atoms with Crippen LogP contribution in [0.1, 0.15) is 11.1 Å². The zero-order valence-corrected chi connectivity index (χ0v) is 18.4. The largest absolute Gasteiger partial charge is 0.384 e. The fourth-order valence-corrected chi connectivity index (χ4v) is 4.12. The van der Waals surface area contributed by atoms with Gasteiger partial charge in [0.1, 0.15) is 5.82 Å². The van der Waals surface area contributed by atoms with Crippen LogP contribution < -0.4 is 11.5 Å². The van der Waals surface area contributed by atoms with Gasteiger partial charge in [-0.15, -0.1) is 0 Å². The molecule has 1 fully saturated rings. The number of benzene rings is 2. The van der Waals surface area contributed by atoms with Crippen LogP contribution in [-0.2, 0) is 17.6 Å². The summed E-state index contributed by atoms with van der Waals surface area (Å²) in [5.74, 6) is 0.587. The first-order chi connectivity index (χ1) is 15.6. The molecule has 0 spiro atoms. The Morgan fingerprint density at radius 1 is 0.875 bits per heavy atom. The average molecular weight is 430 g/mol. The zero-order chi connectivity index (χ0) is 22.3. The molecule has 0 saturated carbocycles. The number of piperazine rings is 1. The lowest BCUT2D eigenvalue weighted by Gasteiger charge is -2.36. The molecule has 0 aliphatic carbocycles. The molecule has 1 unspecified atom stereocenters. The standard InChI is InChI=1S/C26H31N5O/c27-23(19-21-5-2-1-3-6-21)26(32)31-17-15-30(16-18-31)14-13-20-9-11-22(12-10-20)24-7-4-8-25(28)29-24/h1-12,23H,13-19,27H2,(H2,28,29). The third kappa shape index (κ3) is 5.72. The number of hydrogen-bond donors (Lipinski definition) is 2. The summed E-state index contributed by atoms with van der Waals surface area (Å²) >= 11 is 0. The van der Waals surface area contributed by atoms with Gasteiger partial charge in [-0.2, -0.15) is 0 Å². The average Bonchev–Trinajstić information content (AvgIpc) is 2.83. The summed E-state index contributed by atoms with van der Waals surface area (Å²) in [6.07, 6.45) is 1.56. The number of aromatic nitrogens is 1. The Bertz CT molecular complexity index is 1010. The third-order valence-electron chi connectivity index (χ3n) is 6.04. The van der Waals surface area contributed by atoms with E-state index in [2.05, 4.69) is 34.1 Å². The molecule has 1 amide bonds. The van der Waals surface area contributed by atoms with Crippen molar-refractivity contribution in [1.29, 1.82) is 0 Å². The van der Waals surface area contributed by atoms with E-state index in [0.29, 0.717) is 12.2 Å². The number of rotatable bonds is 7. The number of nitrogen functional groups attached to an aromatic ring is 1. The highest BCUT2D eigenvalue weighted by Crippen LogP contribution is 2.19. The molecular weight excluding hydrogens is 398 g/mol. The van der Waals surface area contributed by atoms with Crippen molar-refractivity contribution in [1.82, 2.24) is 14.8 Å². The number of nitrogens with zero attached hydrogens (tertiary/aromatic N) is 3. The summed E-state index contributed by atoms with van der Waals surface area (Å²) in [6, 6.07) is 23.7. The number of carbonyl (C=O) groups excluding carboxylic acids is 1. The maximum absolute atomic E-state index is 12.7. The molecular formula is C26H31N5O. The first kappa shape index (κ1) is 22.0. The number of carbonyl (C=O) groups is 1. The van der Waals surface area contributed by atoms with Gasteiger partial charge in [0, 0.05) is 38.3 Å². The topological polar surface area (TPSA) is 88.5 Å². The maximum atomic E-state index is 12.7. The second-order valence-electron chi connectivity index (χ2n) is 8.36. The zero-order valence-electron chi connectivity index (χ0n) is 18.4. The van der Waals surface area contributed by atoms with Crippen LogP contribution in [-0.4, -0.2) is 59.5 Å². The van der Waals surface area contributed by atoms with E-state index < -0.39 is 6.04 Å². The summed E-state index contributed by atoms with van der Waals surface area (Å²) in [7, 11) is 0. The lowest BCUT2D eigenvalue weighted by molar-refractivity contribution is -0.134. The van der Waals surface area contributed by atoms with Crippen molar-refractivity contribution in [2.45, 2.75) is 18.9 Å². The number of hydrogen-bond acceptors (Lipinski definition) is 5. The molecule has 2 aromatic carbocycles. The van der Waals surface area contributed by atoms with Crippen LogP contribution in [0, 0.1) is 0 Å². The van der Waals surface area contributed by atoms with E-state index >= 15 is 0 Å². The molecule has 166 valence electrons. The Hall–Kier alpha value is -3.22. The van der Waals surface area contributed by atoms with E-state index in [1.807, 2.05) is 47.4 Å². The van der Waals surface area contributed by atoms with Crippen molar-refractivity contribution < 1.29 is 4.79 Å². The predicted molar refractivity (Wildman–Crippen MR) is 129 cm³/mol. The van der Waals surface area contributed by atoms with Crippen LogP contribution in [0.2, 0.25) is 0 Å². The Morgan fingerprint density at radius 3 is 2.28 bits per heavy atom. The molecule has 2 heterocycles. The summed E-state index contributed by atoms with van der Waals surface area (Å²) in [6.45, 7) is 4.22. The molecule has 6 nitrogen and oxygen atoms in total. The van der Waals surface area contributed by atoms with Crippen molar-refractivity contribution in [3.8, 4) is 11.3 Å². The highest BCUT2D eigenvalue weighted by atomic mass is 16.2. The molecule has 3 aromatic rings. The van der Waals surface area contributed by atoms with Crippen LogP contribution in [0.5, 0.6) is 0 Å². The maximum Gasteiger partial charge on any atom is 0.239 e. The lowest BCUT2D eigenvalue weighted by Crippen LogP contribution is -2.53. The second-order valence-corrected chi connectivity index (χ2v) is 8.36. The summed E-state index contributed by atoms with van der Waals surface area (Å²) in [4.78, 5) is 21.4. The quantitative estimate of drug-likeness (QED) is 0.603. The van der Waals surface area contributed by atoms with Gasteiger partial charge < -0.3 is 16.4 Å². The van der Waals surface area contributed by atoms with Gasteiger partial charge in [0.15, 0.2) is 0 Å². The Labute approximate surface area is 189 Å². The van der Waals surface area contributed by atoms with E-state index in [1.54, 1.807) is 6.07 Å². The van der Waals surface area contributed by atoms with Crippen molar-refractivity contribution in [2.24, 2.45) is 5.73 Å². The number of anilines is 1. The van der Waals surface area contributed by atoms with Crippen LogP contribution in [0.3, 0.4) is 0 Å². The lowest BCUT2D eigenvalue weighted by atomic mass is 10.0. The van der Waals surface area contributed by atoms with E-state index in [0.717, 1.165) is 56.0 Å². The van der Waals surface area contributed by atoms with Crippen molar-refractivity contribution >= 4 is 11.7 Å². The monoisotopic (exact) mass is 429 g/mol. The van der Waals surface area contributed by atoms with Gasteiger partial charge in [0.2, 0.25) is 5.91 Å². The van der Waals surface area contributed by atoms with Gasteiger partial charge in [-0.05, 0) is 36.1 Å². The SMILES string of the molecule is Nc1cccc(-c2ccc(CCN3CCN(C(=O)C(N)Cc4ccccc4)CC3)cc2)n1. The van der Waals surface area contributed by atoms with Gasteiger partial charge in [0.05, 0.1) is 11.7 Å². The number of amides is 1. The Balaban J connectivity index is 1.22. The highest BCUT2D eigenvalue weighted by Gasteiger charge is 2.25. The van der Waals surface area contributed by atoms with E-state index in [1.165, 1.54) is 5.56 Å². The first-order valence-electron chi connectivity index (χ1n) is 11.2. The molecule has 0 bridgehead atoms. The molecule has 4 rings (SSSR count).